The average molecular weight is 312 g/mol. The molecule has 1 aliphatic carbocycles. The van der Waals surface area contributed by atoms with Crippen LogP contribution >= 0.6 is 0 Å². The summed E-state index contributed by atoms with van der Waals surface area (Å²) < 4.78 is 36.0. The van der Waals surface area contributed by atoms with Gasteiger partial charge in [-0.25, -0.2) is 4.39 Å². The Labute approximate surface area is 75.6 Å². The quantitative estimate of drug-likeness (QED) is 0.476. The predicted octanol–water partition coefficient (Wildman–Crippen LogP) is 2.60. The van der Waals surface area contributed by atoms with Crippen molar-refractivity contribution in [3.63, 3.8) is 0 Å². The molecule has 0 aromatic heterocycles. The fraction of sp³-hybridized carbons (Fsp3) is 0.167. The molecule has 0 fully saturated rings. The summed E-state index contributed by atoms with van der Waals surface area (Å²) in [5.41, 5.74) is 0. The minimum atomic E-state index is -0.865. The fourth-order valence-corrected chi connectivity index (χ4v) is 0.604. The van der Waals surface area contributed by atoms with Crippen LogP contribution < -0.4 is 0 Å². The van der Waals surface area contributed by atoms with E-state index in [2.05, 4.69) is 0 Å². The molecule has 0 aromatic carbocycles. The molecule has 0 radical (unpaired) electrons. The van der Waals surface area contributed by atoms with Crippen LogP contribution in [0.2, 0.25) is 0 Å². The van der Waals surface area contributed by atoms with Crippen molar-refractivity contribution in [3.05, 3.63) is 30.0 Å². The molecule has 1 rings (SSSR count). The summed E-state index contributed by atoms with van der Waals surface area (Å²) in [6, 6.07) is 0. The molecule has 4 heteroatoms. The molecular weight excluding hydrogens is 308 g/mol. The van der Waals surface area contributed by atoms with Crippen molar-refractivity contribution in [1.29, 1.82) is 0 Å². The summed E-state index contributed by atoms with van der Waals surface area (Å²) in [5.74, 6) is -1.64. The van der Waals surface area contributed by atoms with E-state index in [0.29, 0.717) is 12.2 Å². The van der Waals surface area contributed by atoms with Crippen molar-refractivity contribution in [1.82, 2.24) is 0 Å². The van der Waals surface area contributed by atoms with Crippen molar-refractivity contribution in [2.45, 2.75) is 6.42 Å². The van der Waals surface area contributed by atoms with Crippen LogP contribution in [0.1, 0.15) is 6.42 Å². The normalized spacial score (nSPS) is 17.3. The number of halogens is 3. The summed E-state index contributed by atoms with van der Waals surface area (Å²) in [6.45, 7) is 0. The van der Waals surface area contributed by atoms with E-state index in [1.807, 2.05) is 0 Å². The van der Waals surface area contributed by atoms with Gasteiger partial charge in [0.15, 0.2) is 0 Å². The van der Waals surface area contributed by atoms with Gasteiger partial charge in [-0.1, -0.05) is 6.08 Å². The van der Waals surface area contributed by atoms with Gasteiger partial charge in [-0.2, -0.15) is 6.08 Å². The number of rotatable bonds is 0. The van der Waals surface area contributed by atoms with E-state index in [0.717, 1.165) is 0 Å². The van der Waals surface area contributed by atoms with E-state index in [1.54, 1.807) is 0 Å². The van der Waals surface area contributed by atoms with Gasteiger partial charge < -0.3 is 8.78 Å². The van der Waals surface area contributed by atoms with Gasteiger partial charge in [-0.3, -0.25) is 0 Å². The maximum Gasteiger partial charge on any atom is 0.0748 e. The second kappa shape index (κ2) is 4.01. The van der Waals surface area contributed by atoms with Gasteiger partial charge in [0.05, 0.1) is 5.83 Å². The molecule has 0 unspecified atom stereocenters. The summed E-state index contributed by atoms with van der Waals surface area (Å²) in [5, 5.41) is 0. The van der Waals surface area contributed by atoms with E-state index in [9.17, 15) is 13.2 Å². The zero-order valence-corrected chi connectivity index (χ0v) is 8.59. The average Bonchev–Trinajstić information content (AvgIpc) is 1.59. The molecule has 0 N–H and O–H groups in total. The molecule has 0 heterocycles. The number of allylic oxidation sites excluding steroid dienone is 4. The summed E-state index contributed by atoms with van der Waals surface area (Å²) in [6.07, 6.45) is 0.159. The molecule has 10 heavy (non-hydrogen) atoms. The van der Waals surface area contributed by atoms with Gasteiger partial charge >= 0.3 is 0 Å². The van der Waals surface area contributed by atoms with Crippen molar-refractivity contribution in [2.75, 3.05) is 0 Å². The Morgan fingerprint density at radius 1 is 1.40 bits per heavy atom. The van der Waals surface area contributed by atoms with Gasteiger partial charge in [0.2, 0.25) is 0 Å². The SMILES string of the molecule is FC1=C[C-](F)CC(F)=C1.[Hf]. The first-order chi connectivity index (χ1) is 4.18. The van der Waals surface area contributed by atoms with Gasteiger partial charge in [-0.05, 0) is 18.4 Å². The minimum Gasteiger partial charge on any atom is -0.324 e. The maximum atomic E-state index is 12.0. The third kappa shape index (κ3) is 2.73. The minimum absolute atomic E-state index is 0. The molecule has 0 atom stereocenters. The van der Waals surface area contributed by atoms with E-state index < -0.39 is 24.2 Å². The van der Waals surface area contributed by atoms with Crippen LogP contribution in [-0.2, 0) is 25.8 Å². The van der Waals surface area contributed by atoms with Crippen LogP contribution in [0.4, 0.5) is 13.2 Å². The van der Waals surface area contributed by atoms with Crippen molar-refractivity contribution in [3.8, 4) is 0 Å². The van der Waals surface area contributed by atoms with Gasteiger partial charge in [0.25, 0.3) is 0 Å². The molecule has 0 aliphatic heterocycles. The zero-order chi connectivity index (χ0) is 6.85. The predicted molar refractivity (Wildman–Crippen MR) is 27.3 cm³/mol. The van der Waals surface area contributed by atoms with E-state index >= 15 is 0 Å². The first kappa shape index (κ1) is 10.0. The Kier molecular flexibility index (Phi) is 4.01. The summed E-state index contributed by atoms with van der Waals surface area (Å²) in [4.78, 5) is 0. The van der Waals surface area contributed by atoms with Gasteiger partial charge in [0, 0.05) is 25.8 Å². The van der Waals surface area contributed by atoms with Crippen molar-refractivity contribution >= 4 is 0 Å². The third-order valence-corrected chi connectivity index (χ3v) is 0.927. The number of hydrogen-bond donors (Lipinski definition) is 0. The maximum absolute atomic E-state index is 12.0. The van der Waals surface area contributed by atoms with E-state index in [4.69, 9.17) is 0 Å². The smallest absolute Gasteiger partial charge is 0.0748 e. The monoisotopic (exact) mass is 313 g/mol. The summed E-state index contributed by atoms with van der Waals surface area (Å²) in [7, 11) is 0. The first-order valence-corrected chi connectivity index (χ1v) is 2.43. The topological polar surface area (TPSA) is 0 Å². The van der Waals surface area contributed by atoms with Gasteiger partial charge in [0.1, 0.15) is 0 Å². The molecule has 0 aromatic rings. The molecule has 0 bridgehead atoms. The third-order valence-electron chi connectivity index (χ3n) is 0.927. The fourth-order valence-electron chi connectivity index (χ4n) is 0.604. The Balaban J connectivity index is 0.000000810. The first-order valence-electron chi connectivity index (χ1n) is 2.43. The second-order valence-electron chi connectivity index (χ2n) is 1.74. The largest absolute Gasteiger partial charge is 0.324 e. The van der Waals surface area contributed by atoms with Crippen LogP contribution in [-0.4, -0.2) is 0 Å². The van der Waals surface area contributed by atoms with Crippen molar-refractivity contribution < 1.29 is 39.0 Å². The Bertz CT molecular complexity index is 174. The van der Waals surface area contributed by atoms with Crippen LogP contribution in [0.25, 0.3) is 0 Å². The molecule has 1 aliphatic rings. The molecule has 0 spiro atoms. The number of hydrogen-bond acceptors (Lipinski definition) is 0. The Morgan fingerprint density at radius 3 is 2.40 bits per heavy atom. The Morgan fingerprint density at radius 2 is 2.00 bits per heavy atom. The van der Waals surface area contributed by atoms with Crippen LogP contribution in [0.3, 0.4) is 0 Å². The molecule has 54 valence electrons. The van der Waals surface area contributed by atoms with Crippen molar-refractivity contribution in [2.24, 2.45) is 0 Å². The molecule has 0 saturated carbocycles. The van der Waals surface area contributed by atoms with E-state index in [1.165, 1.54) is 0 Å². The van der Waals surface area contributed by atoms with E-state index in [-0.39, 0.29) is 25.8 Å². The van der Waals surface area contributed by atoms with Crippen LogP contribution in [0, 0.1) is 6.17 Å². The standard InChI is InChI=1S/C6H4F3.Hf/c7-4-1-5(8)3-6(9)2-4;/h1-2H,3H2;/q-1;. The summed E-state index contributed by atoms with van der Waals surface area (Å²) >= 11 is 0. The Hall–Kier alpha value is 0.0101. The van der Waals surface area contributed by atoms with Crippen LogP contribution in [0.15, 0.2) is 23.8 Å². The van der Waals surface area contributed by atoms with Gasteiger partial charge in [-0.15, -0.1) is 0 Å². The second-order valence-corrected chi connectivity index (χ2v) is 1.74. The molecule has 0 amide bonds. The molecule has 0 saturated heterocycles. The zero-order valence-electron chi connectivity index (χ0n) is 5.00. The van der Waals surface area contributed by atoms with Crippen LogP contribution in [0.5, 0.6) is 0 Å². The molecular formula is C6H4F3Hf-. The molecule has 0 nitrogen and oxygen atoms in total.